The Labute approximate surface area is 158 Å². The van der Waals surface area contributed by atoms with Crippen molar-refractivity contribution in [2.75, 3.05) is 0 Å². The molecule has 0 spiro atoms. The summed E-state index contributed by atoms with van der Waals surface area (Å²) in [6, 6.07) is 13.1. The van der Waals surface area contributed by atoms with Gasteiger partial charge >= 0.3 is 0 Å². The van der Waals surface area contributed by atoms with Gasteiger partial charge < -0.3 is 0 Å². The van der Waals surface area contributed by atoms with E-state index >= 15 is 0 Å². The van der Waals surface area contributed by atoms with Crippen molar-refractivity contribution in [2.45, 2.75) is 36.6 Å². The zero-order valence-electron chi connectivity index (χ0n) is 13.6. The van der Waals surface area contributed by atoms with Crippen LogP contribution in [0.15, 0.2) is 47.4 Å². The van der Waals surface area contributed by atoms with Gasteiger partial charge in [0, 0.05) is 6.04 Å². The number of halogens is 2. The summed E-state index contributed by atoms with van der Waals surface area (Å²) in [7, 11) is -3.71. The van der Waals surface area contributed by atoms with Gasteiger partial charge in [0.15, 0.2) is 0 Å². The molecule has 1 N–H and O–H groups in total. The Morgan fingerprint density at radius 1 is 0.880 bits per heavy atom. The Hall–Kier alpha value is -1.07. The highest BCUT2D eigenvalue weighted by Crippen LogP contribution is 2.41. The van der Waals surface area contributed by atoms with Gasteiger partial charge in [0.1, 0.15) is 4.90 Å². The van der Waals surface area contributed by atoms with E-state index in [0.717, 1.165) is 25.7 Å². The second kappa shape index (κ2) is 6.58. The third-order valence-corrected chi connectivity index (χ3v) is 7.94. The molecule has 0 aliphatic heterocycles. The molecule has 0 saturated heterocycles. The lowest BCUT2D eigenvalue weighted by Gasteiger charge is -2.24. The Balaban J connectivity index is 1.64. The Morgan fingerprint density at radius 2 is 1.48 bits per heavy atom. The van der Waals surface area contributed by atoms with Gasteiger partial charge in [0.05, 0.1) is 10.0 Å². The highest BCUT2D eigenvalue weighted by atomic mass is 35.5. The third-order valence-electron chi connectivity index (χ3n) is 5.50. The van der Waals surface area contributed by atoms with E-state index in [4.69, 9.17) is 23.2 Å². The van der Waals surface area contributed by atoms with E-state index in [1.807, 2.05) is 0 Å². The van der Waals surface area contributed by atoms with Gasteiger partial charge in [0.2, 0.25) is 10.0 Å². The largest absolute Gasteiger partial charge is 0.242 e. The second-order valence-corrected chi connectivity index (χ2v) is 9.44. The predicted octanol–water partition coefficient (Wildman–Crippen LogP) is 4.47. The van der Waals surface area contributed by atoms with Crippen LogP contribution >= 0.6 is 23.2 Å². The fourth-order valence-corrected chi connectivity index (χ4v) is 6.41. The van der Waals surface area contributed by atoms with Crippen molar-refractivity contribution in [3.8, 4) is 0 Å². The van der Waals surface area contributed by atoms with Crippen molar-refractivity contribution >= 4 is 33.2 Å². The molecular formula is C19H19Cl2NO2S. The topological polar surface area (TPSA) is 46.2 Å². The average Bonchev–Trinajstić information content (AvgIpc) is 2.84. The summed E-state index contributed by atoms with van der Waals surface area (Å²) in [5.74, 6) is 0.641. The molecule has 6 heteroatoms. The minimum Gasteiger partial charge on any atom is -0.207 e. The van der Waals surface area contributed by atoms with E-state index in [1.165, 1.54) is 17.2 Å². The van der Waals surface area contributed by atoms with E-state index < -0.39 is 10.0 Å². The molecule has 132 valence electrons. The van der Waals surface area contributed by atoms with Gasteiger partial charge in [-0.3, -0.25) is 0 Å². The van der Waals surface area contributed by atoms with E-state index in [9.17, 15) is 8.42 Å². The highest BCUT2D eigenvalue weighted by molar-refractivity contribution is 7.89. The normalized spacial score (nSPS) is 25.4. The summed E-state index contributed by atoms with van der Waals surface area (Å²) in [5, 5.41) is 0.335. The summed E-state index contributed by atoms with van der Waals surface area (Å²) in [5.41, 5.74) is 2.69. The Bertz CT molecular complexity index is 880. The summed E-state index contributed by atoms with van der Waals surface area (Å²) in [6.45, 7) is 0. The number of fused-ring (bicyclic) bond motifs is 3. The molecule has 2 aliphatic rings. The summed E-state index contributed by atoms with van der Waals surface area (Å²) in [4.78, 5) is 0.0582. The first-order valence-corrected chi connectivity index (χ1v) is 10.7. The van der Waals surface area contributed by atoms with Crippen LogP contribution in [0.2, 0.25) is 10.0 Å². The zero-order valence-corrected chi connectivity index (χ0v) is 15.9. The number of rotatable bonds is 3. The molecule has 4 rings (SSSR count). The van der Waals surface area contributed by atoms with Crippen LogP contribution in [0.1, 0.15) is 24.0 Å². The molecule has 2 unspecified atom stereocenters. The molecule has 1 saturated carbocycles. The van der Waals surface area contributed by atoms with Gasteiger partial charge in [-0.1, -0.05) is 53.5 Å². The number of sulfonamides is 1. The Morgan fingerprint density at radius 3 is 2.08 bits per heavy atom. The van der Waals surface area contributed by atoms with E-state index in [0.29, 0.717) is 11.8 Å². The molecule has 2 aromatic rings. The van der Waals surface area contributed by atoms with Gasteiger partial charge in [0.25, 0.3) is 0 Å². The smallest absolute Gasteiger partial charge is 0.207 e. The second-order valence-electron chi connectivity index (χ2n) is 6.97. The number of hydrogen-bond donors (Lipinski definition) is 1. The lowest BCUT2D eigenvalue weighted by atomic mass is 9.94. The molecule has 3 nitrogen and oxygen atoms in total. The van der Waals surface area contributed by atoms with Gasteiger partial charge in [-0.25, -0.2) is 13.1 Å². The molecule has 0 amide bonds. The molecular weight excluding hydrogens is 377 g/mol. The lowest BCUT2D eigenvalue weighted by Crippen LogP contribution is -2.41. The number of benzene rings is 2. The van der Waals surface area contributed by atoms with Crippen molar-refractivity contribution in [3.63, 3.8) is 0 Å². The maximum Gasteiger partial charge on any atom is 0.242 e. The fraction of sp³-hybridized carbons (Fsp3) is 0.368. The molecule has 2 aromatic carbocycles. The van der Waals surface area contributed by atoms with Crippen molar-refractivity contribution < 1.29 is 8.42 Å². The maximum atomic E-state index is 12.9. The van der Waals surface area contributed by atoms with Crippen molar-refractivity contribution in [2.24, 2.45) is 11.8 Å². The molecule has 2 atom stereocenters. The standard InChI is InChI=1S/C19H19Cl2NO2S/c20-16-6-3-7-17(18(16)21)25(23,24)22-19-14-8-9-15(19)11-13-5-2-1-4-12(13)10-14/h1-7,14-15,19,22H,8-11H2. The molecule has 2 bridgehead atoms. The van der Waals surface area contributed by atoms with Gasteiger partial charge in [-0.05, 0) is 60.8 Å². The minimum absolute atomic E-state index is 0.0582. The number of hydrogen-bond acceptors (Lipinski definition) is 2. The van der Waals surface area contributed by atoms with Crippen LogP contribution in [-0.2, 0) is 22.9 Å². The van der Waals surface area contributed by atoms with Crippen molar-refractivity contribution in [1.29, 1.82) is 0 Å². The summed E-state index contributed by atoms with van der Waals surface area (Å²) in [6.07, 6.45) is 3.94. The molecule has 25 heavy (non-hydrogen) atoms. The van der Waals surface area contributed by atoms with Crippen LogP contribution in [0, 0.1) is 11.8 Å². The van der Waals surface area contributed by atoms with Crippen LogP contribution in [0.5, 0.6) is 0 Å². The van der Waals surface area contributed by atoms with E-state index in [1.54, 1.807) is 12.1 Å². The minimum atomic E-state index is -3.71. The van der Waals surface area contributed by atoms with E-state index in [-0.39, 0.29) is 21.0 Å². The van der Waals surface area contributed by atoms with Crippen molar-refractivity contribution in [1.82, 2.24) is 4.72 Å². The average molecular weight is 396 g/mol. The van der Waals surface area contributed by atoms with Gasteiger partial charge in [-0.15, -0.1) is 0 Å². The van der Waals surface area contributed by atoms with Crippen LogP contribution in [-0.4, -0.2) is 14.5 Å². The SMILES string of the molecule is O=S(=O)(NC1C2CCC1Cc1ccccc1C2)c1cccc(Cl)c1Cl. The van der Waals surface area contributed by atoms with Crippen LogP contribution in [0.4, 0.5) is 0 Å². The predicted molar refractivity (Wildman–Crippen MR) is 101 cm³/mol. The monoisotopic (exact) mass is 395 g/mol. The van der Waals surface area contributed by atoms with Crippen LogP contribution in [0.3, 0.4) is 0 Å². The van der Waals surface area contributed by atoms with E-state index in [2.05, 4.69) is 29.0 Å². The molecule has 0 heterocycles. The first kappa shape index (κ1) is 17.3. The van der Waals surface area contributed by atoms with Crippen LogP contribution < -0.4 is 4.72 Å². The fourth-order valence-electron chi connectivity index (χ4n) is 4.28. The van der Waals surface area contributed by atoms with Crippen molar-refractivity contribution in [3.05, 3.63) is 63.6 Å². The molecule has 1 fully saturated rings. The maximum absolute atomic E-state index is 12.9. The number of nitrogens with one attached hydrogen (secondary N) is 1. The lowest BCUT2D eigenvalue weighted by molar-refractivity contribution is 0.386. The quantitative estimate of drug-likeness (QED) is 0.833. The van der Waals surface area contributed by atoms with Gasteiger partial charge in [-0.2, -0.15) is 0 Å². The van der Waals surface area contributed by atoms with Crippen LogP contribution in [0.25, 0.3) is 0 Å². The zero-order chi connectivity index (χ0) is 17.6. The summed E-state index contributed by atoms with van der Waals surface area (Å²) < 4.78 is 28.8. The molecule has 0 aromatic heterocycles. The molecule has 0 radical (unpaired) electrons. The first-order chi connectivity index (χ1) is 12.0. The summed E-state index contributed by atoms with van der Waals surface area (Å²) >= 11 is 12.1. The highest BCUT2D eigenvalue weighted by Gasteiger charge is 2.41. The Kier molecular flexibility index (Phi) is 4.57. The molecule has 2 aliphatic carbocycles. The first-order valence-electron chi connectivity index (χ1n) is 8.49. The third kappa shape index (κ3) is 3.21.